The summed E-state index contributed by atoms with van der Waals surface area (Å²) in [7, 11) is 1.73. The molecular formula is C18H30N2O. The molecule has 2 rings (SSSR count). The number of piperidine rings is 1. The maximum atomic E-state index is 5.31. The van der Waals surface area contributed by atoms with E-state index in [1.807, 2.05) is 6.07 Å². The summed E-state index contributed by atoms with van der Waals surface area (Å²) in [6.07, 6.45) is 2.68. The van der Waals surface area contributed by atoms with Crippen LogP contribution in [0.25, 0.3) is 0 Å². The molecule has 0 radical (unpaired) electrons. The Hall–Kier alpha value is -1.06. The Morgan fingerprint density at radius 2 is 2.24 bits per heavy atom. The number of ether oxygens (including phenoxy) is 1. The van der Waals surface area contributed by atoms with Gasteiger partial charge in [-0.15, -0.1) is 0 Å². The fourth-order valence-electron chi connectivity index (χ4n) is 3.07. The van der Waals surface area contributed by atoms with Gasteiger partial charge in [-0.3, -0.25) is 4.90 Å². The first kappa shape index (κ1) is 16.3. The van der Waals surface area contributed by atoms with Crippen LogP contribution < -0.4 is 10.1 Å². The van der Waals surface area contributed by atoms with E-state index in [4.69, 9.17) is 4.74 Å². The molecule has 1 unspecified atom stereocenters. The minimum atomic E-state index is 0.737. The molecule has 0 aliphatic carbocycles. The summed E-state index contributed by atoms with van der Waals surface area (Å²) in [5.41, 5.74) is 1.35. The topological polar surface area (TPSA) is 24.5 Å². The number of hydrogen-bond acceptors (Lipinski definition) is 3. The Balaban J connectivity index is 1.80. The highest BCUT2D eigenvalue weighted by molar-refractivity contribution is 5.28. The first-order chi connectivity index (χ1) is 10.2. The molecule has 1 aromatic carbocycles. The van der Waals surface area contributed by atoms with Gasteiger partial charge in [0.25, 0.3) is 0 Å². The number of rotatable bonds is 7. The normalized spacial score (nSPS) is 19.9. The number of hydrogen-bond donors (Lipinski definition) is 1. The fraction of sp³-hybridized carbons (Fsp3) is 0.667. The highest BCUT2D eigenvalue weighted by atomic mass is 16.5. The molecule has 0 spiro atoms. The zero-order chi connectivity index (χ0) is 15.1. The lowest BCUT2D eigenvalue weighted by molar-refractivity contribution is 0.164. The molecule has 3 nitrogen and oxygen atoms in total. The summed E-state index contributed by atoms with van der Waals surface area (Å²) in [4.78, 5) is 2.58. The van der Waals surface area contributed by atoms with Crippen molar-refractivity contribution in [1.82, 2.24) is 10.2 Å². The van der Waals surface area contributed by atoms with Crippen molar-refractivity contribution in [1.29, 1.82) is 0 Å². The van der Waals surface area contributed by atoms with Gasteiger partial charge >= 0.3 is 0 Å². The highest BCUT2D eigenvalue weighted by Crippen LogP contribution is 2.20. The third-order valence-electron chi connectivity index (χ3n) is 4.13. The molecule has 1 aliphatic rings. The quantitative estimate of drug-likeness (QED) is 0.835. The minimum absolute atomic E-state index is 0.737. The van der Waals surface area contributed by atoms with Crippen molar-refractivity contribution in [2.45, 2.75) is 33.2 Å². The molecule has 118 valence electrons. The molecule has 1 heterocycles. The van der Waals surface area contributed by atoms with Gasteiger partial charge in [0.15, 0.2) is 0 Å². The van der Waals surface area contributed by atoms with Crippen LogP contribution in [0.3, 0.4) is 0 Å². The van der Waals surface area contributed by atoms with Gasteiger partial charge in [-0.25, -0.2) is 0 Å². The summed E-state index contributed by atoms with van der Waals surface area (Å²) in [5, 5.41) is 3.61. The number of benzene rings is 1. The van der Waals surface area contributed by atoms with Crippen LogP contribution >= 0.6 is 0 Å². The van der Waals surface area contributed by atoms with E-state index in [0.29, 0.717) is 0 Å². The summed E-state index contributed by atoms with van der Waals surface area (Å²) >= 11 is 0. The molecule has 0 saturated carbocycles. The van der Waals surface area contributed by atoms with Crippen molar-refractivity contribution in [2.75, 3.05) is 33.3 Å². The molecule has 1 N–H and O–H groups in total. The van der Waals surface area contributed by atoms with Crippen molar-refractivity contribution in [3.05, 3.63) is 29.8 Å². The van der Waals surface area contributed by atoms with Crippen LogP contribution in [0.15, 0.2) is 24.3 Å². The first-order valence-corrected chi connectivity index (χ1v) is 8.23. The Bertz CT molecular complexity index is 419. The Morgan fingerprint density at radius 1 is 1.38 bits per heavy atom. The molecule has 1 atom stereocenters. The minimum Gasteiger partial charge on any atom is -0.497 e. The molecular weight excluding hydrogens is 260 g/mol. The van der Waals surface area contributed by atoms with Gasteiger partial charge in [-0.2, -0.15) is 0 Å². The Kier molecular flexibility index (Phi) is 6.52. The molecule has 0 aromatic heterocycles. The lowest BCUT2D eigenvalue weighted by Gasteiger charge is -2.33. The van der Waals surface area contributed by atoms with Crippen LogP contribution in [-0.4, -0.2) is 38.2 Å². The smallest absolute Gasteiger partial charge is 0.119 e. The van der Waals surface area contributed by atoms with E-state index in [-0.39, 0.29) is 0 Å². The second-order valence-electron chi connectivity index (χ2n) is 6.65. The van der Waals surface area contributed by atoms with Gasteiger partial charge in [-0.05, 0) is 62.0 Å². The van der Waals surface area contributed by atoms with Gasteiger partial charge in [0, 0.05) is 13.1 Å². The molecule has 1 aliphatic heterocycles. The van der Waals surface area contributed by atoms with Gasteiger partial charge < -0.3 is 10.1 Å². The zero-order valence-corrected chi connectivity index (χ0v) is 13.8. The SMILES string of the molecule is COc1cccc(CN2CCCC(CNCC(C)C)C2)c1. The third-order valence-corrected chi connectivity index (χ3v) is 4.13. The summed E-state index contributed by atoms with van der Waals surface area (Å²) in [6, 6.07) is 8.45. The zero-order valence-electron chi connectivity index (χ0n) is 13.8. The van der Waals surface area contributed by atoms with Crippen LogP contribution in [0.5, 0.6) is 5.75 Å². The van der Waals surface area contributed by atoms with Crippen molar-refractivity contribution in [3.8, 4) is 5.75 Å². The Labute approximate surface area is 129 Å². The summed E-state index contributed by atoms with van der Waals surface area (Å²) in [6.45, 7) is 10.3. The van der Waals surface area contributed by atoms with Crippen molar-refractivity contribution in [2.24, 2.45) is 11.8 Å². The maximum absolute atomic E-state index is 5.31. The van der Waals surface area contributed by atoms with Crippen molar-refractivity contribution < 1.29 is 4.74 Å². The lowest BCUT2D eigenvalue weighted by atomic mass is 9.97. The largest absolute Gasteiger partial charge is 0.497 e. The maximum Gasteiger partial charge on any atom is 0.119 e. The van der Waals surface area contributed by atoms with Crippen LogP contribution in [-0.2, 0) is 6.54 Å². The van der Waals surface area contributed by atoms with Gasteiger partial charge in [0.1, 0.15) is 5.75 Å². The molecule has 1 aromatic rings. The van der Waals surface area contributed by atoms with E-state index in [2.05, 4.69) is 42.3 Å². The van der Waals surface area contributed by atoms with E-state index < -0.39 is 0 Å². The second kappa shape index (κ2) is 8.40. The van der Waals surface area contributed by atoms with Gasteiger partial charge in [-0.1, -0.05) is 26.0 Å². The van der Waals surface area contributed by atoms with Crippen LogP contribution in [0, 0.1) is 11.8 Å². The fourth-order valence-corrected chi connectivity index (χ4v) is 3.07. The molecule has 0 bridgehead atoms. The standard InChI is InChI=1S/C18H30N2O/c1-15(2)11-19-12-17-7-5-9-20(14-17)13-16-6-4-8-18(10-16)21-3/h4,6,8,10,15,17,19H,5,7,9,11-14H2,1-3H3. The van der Waals surface area contributed by atoms with E-state index in [0.717, 1.165) is 37.2 Å². The van der Waals surface area contributed by atoms with Gasteiger partial charge in [0.2, 0.25) is 0 Å². The van der Waals surface area contributed by atoms with E-state index in [1.54, 1.807) is 7.11 Å². The monoisotopic (exact) mass is 290 g/mol. The predicted molar refractivity (Wildman–Crippen MR) is 88.7 cm³/mol. The number of nitrogens with zero attached hydrogens (tertiary/aromatic N) is 1. The van der Waals surface area contributed by atoms with Crippen LogP contribution in [0.2, 0.25) is 0 Å². The average Bonchev–Trinajstić information content (AvgIpc) is 2.47. The first-order valence-electron chi connectivity index (χ1n) is 8.23. The van der Waals surface area contributed by atoms with Gasteiger partial charge in [0.05, 0.1) is 7.11 Å². The summed E-state index contributed by atoms with van der Waals surface area (Å²) < 4.78 is 5.31. The van der Waals surface area contributed by atoms with Crippen LogP contribution in [0.1, 0.15) is 32.3 Å². The lowest BCUT2D eigenvalue weighted by Crippen LogP contribution is -2.39. The molecule has 3 heteroatoms. The molecule has 1 saturated heterocycles. The average molecular weight is 290 g/mol. The van der Waals surface area contributed by atoms with Crippen LogP contribution in [0.4, 0.5) is 0 Å². The number of methoxy groups -OCH3 is 1. The third kappa shape index (κ3) is 5.68. The van der Waals surface area contributed by atoms with E-state index in [9.17, 15) is 0 Å². The van der Waals surface area contributed by atoms with Crippen molar-refractivity contribution >= 4 is 0 Å². The molecule has 21 heavy (non-hydrogen) atoms. The highest BCUT2D eigenvalue weighted by Gasteiger charge is 2.19. The van der Waals surface area contributed by atoms with Crippen molar-refractivity contribution in [3.63, 3.8) is 0 Å². The second-order valence-corrected chi connectivity index (χ2v) is 6.65. The predicted octanol–water partition coefficient (Wildman–Crippen LogP) is 3.15. The number of nitrogens with one attached hydrogen (secondary N) is 1. The molecule has 1 fully saturated rings. The Morgan fingerprint density at radius 3 is 3.00 bits per heavy atom. The number of likely N-dealkylation sites (tertiary alicyclic amines) is 1. The summed E-state index contributed by atoms with van der Waals surface area (Å²) in [5.74, 6) is 2.49. The van der Waals surface area contributed by atoms with E-state index >= 15 is 0 Å². The van der Waals surface area contributed by atoms with E-state index in [1.165, 1.54) is 31.5 Å². The molecule has 0 amide bonds.